The van der Waals surface area contributed by atoms with E-state index >= 15 is 0 Å². The number of rotatable bonds is 9. The van der Waals surface area contributed by atoms with Crippen LogP contribution in [0.2, 0.25) is 0 Å². The lowest BCUT2D eigenvalue weighted by molar-refractivity contribution is -0.137. The molecule has 2 aromatic rings. The van der Waals surface area contributed by atoms with E-state index < -0.39 is 11.7 Å². The summed E-state index contributed by atoms with van der Waals surface area (Å²) in [5, 5.41) is 4.01. The fraction of sp³-hybridized carbons (Fsp3) is 0.565. The second kappa shape index (κ2) is 11.1. The number of unbranched alkanes of at least 4 members (excludes halogenated alkanes) is 1. The summed E-state index contributed by atoms with van der Waals surface area (Å²) in [5.74, 6) is -0.0444. The first-order valence-corrected chi connectivity index (χ1v) is 12.0. The largest absolute Gasteiger partial charge is 0.416 e. The first kappa shape index (κ1) is 24.5. The van der Waals surface area contributed by atoms with Gasteiger partial charge in [0.2, 0.25) is 0 Å². The van der Waals surface area contributed by atoms with Crippen LogP contribution in [0.4, 0.5) is 18.9 Å². The van der Waals surface area contributed by atoms with Crippen LogP contribution in [0.15, 0.2) is 24.3 Å². The summed E-state index contributed by atoms with van der Waals surface area (Å²) < 4.78 is 38.8. The molecule has 0 radical (unpaired) electrons. The van der Waals surface area contributed by atoms with Crippen LogP contribution in [0, 0.1) is 6.92 Å². The first-order chi connectivity index (χ1) is 15.3. The first-order valence-electron chi connectivity index (χ1n) is 11.2. The molecule has 1 aromatic carbocycles. The molecule has 1 N–H and O–H groups in total. The number of halogens is 3. The van der Waals surface area contributed by atoms with Crippen LogP contribution in [-0.4, -0.2) is 55.1 Å². The van der Waals surface area contributed by atoms with Crippen molar-refractivity contribution in [1.29, 1.82) is 0 Å². The average molecular weight is 469 g/mol. The molecule has 0 unspecified atom stereocenters. The summed E-state index contributed by atoms with van der Waals surface area (Å²) in [6, 6.07) is 5.55. The molecular formula is C23H31F3N4OS. The Kier molecular flexibility index (Phi) is 8.53. The predicted molar refractivity (Wildman–Crippen MR) is 123 cm³/mol. The average Bonchev–Trinajstić information content (AvgIpc) is 3.14. The van der Waals surface area contributed by atoms with Crippen LogP contribution < -0.4 is 10.2 Å². The number of nitrogens with one attached hydrogen (secondary N) is 1. The maximum atomic E-state index is 12.9. The summed E-state index contributed by atoms with van der Waals surface area (Å²) >= 11 is 1.48. The summed E-state index contributed by atoms with van der Waals surface area (Å²) in [4.78, 5) is 21.9. The van der Waals surface area contributed by atoms with Gasteiger partial charge in [0.25, 0.3) is 5.91 Å². The molecule has 0 spiro atoms. The Morgan fingerprint density at radius 2 is 1.94 bits per heavy atom. The van der Waals surface area contributed by atoms with E-state index in [4.69, 9.17) is 0 Å². The van der Waals surface area contributed by atoms with Gasteiger partial charge < -0.3 is 10.2 Å². The smallest absolute Gasteiger partial charge is 0.369 e. The van der Waals surface area contributed by atoms with E-state index in [-0.39, 0.29) is 5.91 Å². The van der Waals surface area contributed by atoms with Gasteiger partial charge in [-0.2, -0.15) is 13.2 Å². The molecule has 1 fully saturated rings. The number of hydrogen-bond donors (Lipinski definition) is 1. The van der Waals surface area contributed by atoms with E-state index in [2.05, 4.69) is 22.1 Å². The third kappa shape index (κ3) is 6.68. The van der Waals surface area contributed by atoms with Crippen LogP contribution in [0.25, 0.3) is 0 Å². The maximum absolute atomic E-state index is 12.9. The number of alkyl halides is 3. The van der Waals surface area contributed by atoms with Crippen molar-refractivity contribution in [3.05, 3.63) is 45.4 Å². The minimum Gasteiger partial charge on any atom is -0.369 e. The molecule has 5 nitrogen and oxygen atoms in total. The van der Waals surface area contributed by atoms with Gasteiger partial charge in [-0.25, -0.2) is 4.98 Å². The highest BCUT2D eigenvalue weighted by Crippen LogP contribution is 2.31. The van der Waals surface area contributed by atoms with Gasteiger partial charge in [-0.05, 0) is 57.4 Å². The molecule has 0 aliphatic carbocycles. The monoisotopic (exact) mass is 468 g/mol. The number of carbonyl (C=O) groups excluding carboxylic acids is 1. The molecule has 1 aliphatic rings. The summed E-state index contributed by atoms with van der Waals surface area (Å²) in [7, 11) is 0. The van der Waals surface area contributed by atoms with Crippen LogP contribution in [0.1, 0.15) is 52.1 Å². The van der Waals surface area contributed by atoms with E-state index in [0.29, 0.717) is 30.2 Å². The van der Waals surface area contributed by atoms with E-state index in [1.54, 1.807) is 6.07 Å². The number of nitrogens with zero attached hydrogens (tertiary/aromatic N) is 3. The number of aromatic nitrogens is 1. The highest BCUT2D eigenvalue weighted by Gasteiger charge is 2.31. The third-order valence-electron chi connectivity index (χ3n) is 5.61. The Morgan fingerprint density at radius 3 is 2.62 bits per heavy atom. The van der Waals surface area contributed by atoms with Gasteiger partial charge in [0, 0.05) is 38.4 Å². The van der Waals surface area contributed by atoms with E-state index in [1.807, 2.05) is 11.8 Å². The van der Waals surface area contributed by atoms with E-state index in [1.165, 1.54) is 23.5 Å². The number of anilines is 1. The van der Waals surface area contributed by atoms with Crippen LogP contribution in [0.3, 0.4) is 0 Å². The van der Waals surface area contributed by atoms with Crippen molar-refractivity contribution < 1.29 is 18.0 Å². The number of hydrogen-bond acceptors (Lipinski definition) is 5. The van der Waals surface area contributed by atoms with Crippen molar-refractivity contribution in [3.8, 4) is 0 Å². The second-order valence-corrected chi connectivity index (χ2v) is 9.20. The highest BCUT2D eigenvalue weighted by atomic mass is 32.1. The Labute approximate surface area is 191 Å². The van der Waals surface area contributed by atoms with Gasteiger partial charge >= 0.3 is 6.18 Å². The molecule has 1 saturated heterocycles. The molecule has 32 heavy (non-hydrogen) atoms. The number of thiazole rings is 1. The maximum Gasteiger partial charge on any atom is 0.416 e. The summed E-state index contributed by atoms with van der Waals surface area (Å²) in [6.07, 6.45) is -0.544. The minimum absolute atomic E-state index is 0.0444. The van der Waals surface area contributed by atoms with Gasteiger partial charge in [0.15, 0.2) is 0 Å². The van der Waals surface area contributed by atoms with Crippen molar-refractivity contribution in [3.63, 3.8) is 0 Å². The lowest BCUT2D eigenvalue weighted by Gasteiger charge is -2.36. The molecule has 0 saturated carbocycles. The number of aryl methyl sites for hydroxylation is 2. The third-order valence-corrected chi connectivity index (χ3v) is 6.82. The zero-order valence-electron chi connectivity index (χ0n) is 18.7. The van der Waals surface area contributed by atoms with Crippen LogP contribution >= 0.6 is 11.3 Å². The van der Waals surface area contributed by atoms with Gasteiger partial charge in [-0.1, -0.05) is 13.0 Å². The van der Waals surface area contributed by atoms with E-state index in [9.17, 15) is 18.0 Å². The Morgan fingerprint density at radius 1 is 1.19 bits per heavy atom. The van der Waals surface area contributed by atoms with Crippen molar-refractivity contribution in [2.45, 2.75) is 45.7 Å². The van der Waals surface area contributed by atoms with Gasteiger partial charge in [-0.15, -0.1) is 11.3 Å². The normalized spacial score (nSPS) is 15.2. The zero-order chi connectivity index (χ0) is 23.1. The quantitative estimate of drug-likeness (QED) is 0.540. The van der Waals surface area contributed by atoms with Crippen LogP contribution in [-0.2, 0) is 12.6 Å². The fourth-order valence-corrected chi connectivity index (χ4v) is 4.92. The minimum atomic E-state index is -4.32. The molecule has 1 amide bonds. The molecule has 0 bridgehead atoms. The Hall–Kier alpha value is -2.13. The van der Waals surface area contributed by atoms with Crippen molar-refractivity contribution in [1.82, 2.24) is 15.2 Å². The molecule has 1 aromatic heterocycles. The summed E-state index contributed by atoms with van der Waals surface area (Å²) in [6.45, 7) is 8.60. The number of carbonyl (C=O) groups is 1. The number of amides is 1. The van der Waals surface area contributed by atoms with Gasteiger partial charge in [0.05, 0.1) is 16.3 Å². The Bertz CT molecular complexity index is 892. The lowest BCUT2D eigenvalue weighted by Crippen LogP contribution is -2.46. The molecule has 9 heteroatoms. The number of benzene rings is 1. The van der Waals surface area contributed by atoms with Crippen molar-refractivity contribution in [2.75, 3.05) is 44.2 Å². The molecule has 0 atom stereocenters. The SMILES string of the molecule is CCCc1nc(C)c(C(=O)NCCCCN2CCN(c3cccc(C(F)(F)F)c3)CC2)s1. The zero-order valence-corrected chi connectivity index (χ0v) is 19.5. The van der Waals surface area contributed by atoms with Gasteiger partial charge in [0.1, 0.15) is 4.88 Å². The van der Waals surface area contributed by atoms with Crippen molar-refractivity contribution in [2.24, 2.45) is 0 Å². The molecule has 2 heterocycles. The van der Waals surface area contributed by atoms with Crippen molar-refractivity contribution >= 4 is 22.9 Å². The molecule has 3 rings (SSSR count). The fourth-order valence-electron chi connectivity index (χ4n) is 3.83. The summed E-state index contributed by atoms with van der Waals surface area (Å²) in [5.41, 5.74) is 0.826. The van der Waals surface area contributed by atoms with Crippen LogP contribution in [0.5, 0.6) is 0 Å². The number of piperazine rings is 1. The lowest BCUT2D eigenvalue weighted by atomic mass is 10.1. The predicted octanol–water partition coefficient (Wildman–Crippen LogP) is 4.76. The molecule has 176 valence electrons. The molecule has 1 aliphatic heterocycles. The Balaban J connectivity index is 1.35. The second-order valence-electron chi connectivity index (χ2n) is 8.11. The molecular weight excluding hydrogens is 437 g/mol. The topological polar surface area (TPSA) is 48.5 Å². The van der Waals surface area contributed by atoms with Gasteiger partial charge in [-0.3, -0.25) is 9.69 Å². The highest BCUT2D eigenvalue weighted by molar-refractivity contribution is 7.13. The standard InChI is InChI=1S/C23H31F3N4OS/c1-3-7-20-28-17(2)21(32-20)22(31)27-10-4-5-11-29-12-14-30(15-13-29)19-9-6-8-18(16-19)23(24,25)26/h6,8-9,16H,3-5,7,10-15H2,1-2H3,(H,27,31). The van der Waals surface area contributed by atoms with E-state index in [0.717, 1.165) is 62.1 Å².